The van der Waals surface area contributed by atoms with Gasteiger partial charge in [-0.3, -0.25) is 9.88 Å². The molecule has 0 radical (unpaired) electrons. The summed E-state index contributed by atoms with van der Waals surface area (Å²) in [5.74, 6) is -0.0426. The van der Waals surface area contributed by atoms with Crippen LogP contribution in [0.4, 0.5) is 29.1 Å². The molecule has 2 aliphatic heterocycles. The lowest BCUT2D eigenvalue weighted by Crippen LogP contribution is -2.44. The highest BCUT2D eigenvalue weighted by Gasteiger charge is 2.56. The highest BCUT2D eigenvalue weighted by Crippen LogP contribution is 2.45. The molecule has 4 heterocycles. The Morgan fingerprint density at radius 1 is 1.31 bits per heavy atom. The predicted octanol–water partition coefficient (Wildman–Crippen LogP) is 5.19. The summed E-state index contributed by atoms with van der Waals surface area (Å²) in [7, 11) is 0. The number of hydrogen-bond donors (Lipinski definition) is 1. The van der Waals surface area contributed by atoms with E-state index in [0.29, 0.717) is 5.39 Å². The first-order valence-corrected chi connectivity index (χ1v) is 14.2. The fraction of sp³-hybridized carbons (Fsp3) is 0.364. The molecule has 232 valence electrons. The molecule has 7 rings (SSSR count). The largest absolute Gasteiger partial charge is 0.461 e. The summed E-state index contributed by atoms with van der Waals surface area (Å²) in [6.45, 7) is -4.45. The zero-order chi connectivity index (χ0) is 35.9. The van der Waals surface area contributed by atoms with Gasteiger partial charge in [0, 0.05) is 46.0 Å². The number of fused-ring (bicyclic) bond motifs is 3. The molecule has 8 nitrogen and oxygen atoms in total. The number of nitrogens with two attached hydrogens (primary N) is 1. The Bertz CT molecular complexity index is 2130. The second-order valence-corrected chi connectivity index (χ2v) is 11.4. The number of nitrogen functional groups attached to an aromatic ring is 1. The van der Waals surface area contributed by atoms with Crippen molar-refractivity contribution in [1.29, 1.82) is 0 Å². The molecule has 0 unspecified atom stereocenters. The van der Waals surface area contributed by atoms with E-state index in [9.17, 15) is 8.78 Å². The normalized spacial score (nSPS) is 28.1. The zero-order valence-electron chi connectivity index (χ0n) is 29.0. The van der Waals surface area contributed by atoms with Gasteiger partial charge in [0.05, 0.1) is 44.8 Å². The van der Waals surface area contributed by atoms with Crippen LogP contribution in [0.5, 0.6) is 6.01 Å². The number of ether oxygens (including phenoxy) is 2. The molecule has 12 heteroatoms. The third-order valence-electron chi connectivity index (χ3n) is 8.83. The van der Waals surface area contributed by atoms with Crippen LogP contribution in [0.25, 0.3) is 32.9 Å². The lowest BCUT2D eigenvalue weighted by atomic mass is 9.95. The molecule has 0 amide bonds. The molecule has 4 aromatic rings. The number of rotatable bonds is 5. The van der Waals surface area contributed by atoms with E-state index in [-0.39, 0.29) is 83.7 Å². The van der Waals surface area contributed by atoms with E-state index in [1.54, 1.807) is 11.0 Å². The van der Waals surface area contributed by atoms with E-state index in [1.807, 2.05) is 0 Å². The van der Waals surface area contributed by atoms with Gasteiger partial charge in [-0.2, -0.15) is 9.97 Å². The fourth-order valence-electron chi connectivity index (χ4n) is 6.25. The number of likely N-dealkylation sites (tertiary alicyclic amines) is 1. The van der Waals surface area contributed by atoms with Crippen LogP contribution in [-0.4, -0.2) is 77.4 Å². The average molecular weight is 624 g/mol. The smallest absolute Gasteiger partial charge is 0.319 e. The molecule has 3 fully saturated rings. The third-order valence-corrected chi connectivity index (χ3v) is 8.83. The molecule has 1 saturated carbocycles. The number of aromatic nitrogens is 3. The molecule has 2 N–H and O–H groups in total. The van der Waals surface area contributed by atoms with Crippen molar-refractivity contribution in [2.75, 3.05) is 50.5 Å². The van der Waals surface area contributed by atoms with Gasteiger partial charge >= 0.3 is 6.01 Å². The minimum Gasteiger partial charge on any atom is -0.461 e. The van der Waals surface area contributed by atoms with Gasteiger partial charge in [0.1, 0.15) is 35.6 Å². The summed E-state index contributed by atoms with van der Waals surface area (Å²) < 4.78 is 114. The highest BCUT2D eigenvalue weighted by molar-refractivity contribution is 6.03. The number of benzene rings is 2. The molecule has 0 spiro atoms. The number of likely N-dealkylation sites (N-methyl/N-ethyl adjacent to an activating group) is 1. The van der Waals surface area contributed by atoms with Gasteiger partial charge in [-0.05, 0) is 49.5 Å². The molecular formula is C33H30F4N6O2. The van der Waals surface area contributed by atoms with Crippen molar-refractivity contribution in [3.63, 3.8) is 0 Å². The third kappa shape index (κ3) is 4.64. The molecule has 0 bridgehead atoms. The molecule has 2 aromatic heterocycles. The number of nitrogens with zero attached hydrogens (tertiary/aromatic N) is 5. The SMILES string of the molecule is [2H]C([2H])([2H])N1CC/C(=C/F)[C@]1(C)C([2H])([2H])Oc1nc(N2CCOC[C@H]3[C@H](F)[C@H]32)c2cnc(-c3cc(N)cc4ccc(F)c(C#C)c34)c(F)c2n1. The fourth-order valence-corrected chi connectivity index (χ4v) is 6.25. The van der Waals surface area contributed by atoms with Crippen molar-refractivity contribution < 1.29 is 33.9 Å². The predicted molar refractivity (Wildman–Crippen MR) is 163 cm³/mol. The summed E-state index contributed by atoms with van der Waals surface area (Å²) in [4.78, 5) is 15.3. The second-order valence-electron chi connectivity index (χ2n) is 11.4. The number of alkyl halides is 1. The van der Waals surface area contributed by atoms with Crippen LogP contribution in [-0.2, 0) is 4.74 Å². The molecule has 45 heavy (non-hydrogen) atoms. The zero-order valence-corrected chi connectivity index (χ0v) is 24.0. The van der Waals surface area contributed by atoms with E-state index < -0.39 is 60.4 Å². The summed E-state index contributed by atoms with van der Waals surface area (Å²) in [5, 5.41) is 0.579. The van der Waals surface area contributed by atoms with Gasteiger partial charge in [0.25, 0.3) is 0 Å². The van der Waals surface area contributed by atoms with Crippen molar-refractivity contribution in [2.24, 2.45) is 5.92 Å². The lowest BCUT2D eigenvalue weighted by molar-refractivity contribution is 0.129. The van der Waals surface area contributed by atoms with E-state index in [4.69, 9.17) is 28.5 Å². The van der Waals surface area contributed by atoms with Crippen molar-refractivity contribution >= 4 is 33.2 Å². The summed E-state index contributed by atoms with van der Waals surface area (Å²) in [6, 6.07) is 4.07. The highest BCUT2D eigenvalue weighted by atomic mass is 19.1. The Kier molecular flexibility index (Phi) is 5.75. The minimum absolute atomic E-state index is 0.0102. The van der Waals surface area contributed by atoms with Crippen LogP contribution in [0, 0.1) is 29.9 Å². The van der Waals surface area contributed by atoms with E-state index in [0.717, 1.165) is 11.0 Å². The van der Waals surface area contributed by atoms with Crippen molar-refractivity contribution in [3.05, 3.63) is 59.6 Å². The minimum atomic E-state index is -3.01. The topological polar surface area (TPSA) is 89.6 Å². The van der Waals surface area contributed by atoms with Crippen LogP contribution >= 0.6 is 0 Å². The van der Waals surface area contributed by atoms with Gasteiger partial charge in [0.15, 0.2) is 5.82 Å². The Morgan fingerprint density at radius 3 is 2.93 bits per heavy atom. The quantitative estimate of drug-likeness (QED) is 0.185. The first-order chi connectivity index (χ1) is 23.6. The van der Waals surface area contributed by atoms with Crippen molar-refractivity contribution in [3.8, 4) is 29.6 Å². The number of pyridine rings is 1. The molecule has 2 saturated heterocycles. The van der Waals surface area contributed by atoms with Crippen LogP contribution < -0.4 is 15.4 Å². The lowest BCUT2D eigenvalue weighted by Gasteiger charge is -2.32. The van der Waals surface area contributed by atoms with Crippen molar-refractivity contribution in [1.82, 2.24) is 19.9 Å². The summed E-state index contributed by atoms with van der Waals surface area (Å²) in [5.41, 5.74) is 3.11. The van der Waals surface area contributed by atoms with Gasteiger partial charge in [-0.25, -0.2) is 17.6 Å². The van der Waals surface area contributed by atoms with Crippen LogP contribution in [0.3, 0.4) is 0 Å². The maximum absolute atomic E-state index is 16.9. The van der Waals surface area contributed by atoms with Gasteiger partial charge in [-0.15, -0.1) is 6.42 Å². The van der Waals surface area contributed by atoms with E-state index >= 15 is 8.78 Å². The Labute approximate surface area is 263 Å². The van der Waals surface area contributed by atoms with Gasteiger partial charge in [-0.1, -0.05) is 12.0 Å². The number of terminal acetylenes is 1. The average Bonchev–Trinajstić information content (AvgIpc) is 3.62. The van der Waals surface area contributed by atoms with Crippen LogP contribution in [0.2, 0.25) is 0 Å². The maximum Gasteiger partial charge on any atom is 0.319 e. The number of halogens is 4. The van der Waals surface area contributed by atoms with Crippen molar-refractivity contribution in [2.45, 2.75) is 31.1 Å². The molecule has 3 aliphatic rings. The second kappa shape index (κ2) is 10.9. The van der Waals surface area contributed by atoms with Gasteiger partial charge < -0.3 is 20.1 Å². The van der Waals surface area contributed by atoms with E-state index in [2.05, 4.69) is 20.9 Å². The van der Waals surface area contributed by atoms with Gasteiger partial charge in [0.2, 0.25) is 0 Å². The summed E-state index contributed by atoms with van der Waals surface area (Å²) in [6.07, 6.45) is 5.64. The summed E-state index contributed by atoms with van der Waals surface area (Å²) >= 11 is 0. The Hall–Kier alpha value is -4.47. The number of anilines is 2. The number of hydrogen-bond acceptors (Lipinski definition) is 8. The Morgan fingerprint density at radius 2 is 2.16 bits per heavy atom. The van der Waals surface area contributed by atoms with Crippen LogP contribution in [0.15, 0.2) is 42.4 Å². The maximum atomic E-state index is 16.9. The molecule has 2 aromatic carbocycles. The first kappa shape index (κ1) is 23.9. The standard InChI is InChI=1S/C33H30F4N6O2/c1-4-20-24(35)6-5-17-11-19(38)12-21(25(17)20)28-27(37)29-22(14-39-28)31(43-9-10-44-15-23-26(36)30(23)43)41-32(40-29)45-16-33(2)18(13-34)7-8-42(33)3/h1,5-6,11-14,23,26,30H,7-10,15-16,38H2,2-3H3/b18-13-/t23-,26-,30-,33-/m0/s1/i3D3,16D2. The van der Waals surface area contributed by atoms with E-state index in [1.165, 1.54) is 25.3 Å². The monoisotopic (exact) mass is 623 g/mol. The first-order valence-electron chi connectivity index (χ1n) is 16.7. The molecule has 4 atom stereocenters. The Balaban J connectivity index is 1.45. The molecule has 1 aliphatic carbocycles. The van der Waals surface area contributed by atoms with Crippen LogP contribution in [0.1, 0.15) is 25.8 Å². The molecular weight excluding hydrogens is 588 g/mol.